The summed E-state index contributed by atoms with van der Waals surface area (Å²) in [6, 6.07) is 13.6. The third-order valence-corrected chi connectivity index (χ3v) is 5.76. The van der Waals surface area contributed by atoms with Gasteiger partial charge in [-0.25, -0.2) is 4.98 Å². The number of amides is 1. The number of hydrogen-bond donors (Lipinski definition) is 0. The lowest BCUT2D eigenvalue weighted by atomic mass is 10.1. The molecule has 0 aliphatic carbocycles. The van der Waals surface area contributed by atoms with Crippen LogP contribution in [0, 0.1) is 6.92 Å². The second-order valence-corrected chi connectivity index (χ2v) is 7.94. The second-order valence-electron chi connectivity index (χ2n) is 6.96. The minimum absolute atomic E-state index is 0.0901. The van der Waals surface area contributed by atoms with Gasteiger partial charge in [0.1, 0.15) is 5.65 Å². The Hall–Kier alpha value is -2.60. The summed E-state index contributed by atoms with van der Waals surface area (Å²) >= 11 is 1.50. The maximum absolute atomic E-state index is 12.7. The number of para-hydroxylation sites is 1. The number of anilines is 1. The largest absolute Gasteiger partial charge is 0.308 e. The summed E-state index contributed by atoms with van der Waals surface area (Å²) in [4.78, 5) is 31.5. The van der Waals surface area contributed by atoms with Crippen molar-refractivity contribution in [2.24, 2.45) is 0 Å². The van der Waals surface area contributed by atoms with Gasteiger partial charge in [-0.05, 0) is 43.5 Å². The molecule has 1 aliphatic rings. The van der Waals surface area contributed by atoms with Gasteiger partial charge in [0.25, 0.3) is 5.56 Å². The van der Waals surface area contributed by atoms with E-state index >= 15 is 0 Å². The average Bonchev–Trinajstić information content (AvgIpc) is 2.98. The van der Waals surface area contributed by atoms with Crippen LogP contribution in [0.4, 0.5) is 5.69 Å². The first-order chi connectivity index (χ1) is 13.0. The Balaban J connectivity index is 1.44. The number of aromatic nitrogens is 2. The SMILES string of the molecule is Cc1ccc2nc(CSCC(=O)N3c4ccccc4C[C@@H]3C)cc(=O)n2c1. The lowest BCUT2D eigenvalue weighted by Crippen LogP contribution is -2.37. The summed E-state index contributed by atoms with van der Waals surface area (Å²) in [6.45, 7) is 4.02. The Bertz CT molecular complexity index is 1080. The van der Waals surface area contributed by atoms with E-state index in [1.165, 1.54) is 17.3 Å². The molecule has 0 spiro atoms. The molecule has 2 aromatic heterocycles. The van der Waals surface area contributed by atoms with E-state index < -0.39 is 0 Å². The average molecular weight is 379 g/mol. The minimum Gasteiger partial charge on any atom is -0.308 e. The van der Waals surface area contributed by atoms with Crippen LogP contribution >= 0.6 is 11.8 Å². The van der Waals surface area contributed by atoms with Crippen molar-refractivity contribution in [2.45, 2.75) is 32.1 Å². The first-order valence-corrected chi connectivity index (χ1v) is 10.1. The van der Waals surface area contributed by atoms with Crippen LogP contribution in [0.3, 0.4) is 0 Å². The van der Waals surface area contributed by atoms with E-state index in [0.717, 1.165) is 17.7 Å². The van der Waals surface area contributed by atoms with Crippen molar-refractivity contribution in [3.8, 4) is 0 Å². The van der Waals surface area contributed by atoms with E-state index in [2.05, 4.69) is 18.0 Å². The van der Waals surface area contributed by atoms with Gasteiger partial charge in [0.15, 0.2) is 0 Å². The Morgan fingerprint density at radius 2 is 2.07 bits per heavy atom. The van der Waals surface area contributed by atoms with Crippen molar-refractivity contribution in [3.63, 3.8) is 0 Å². The van der Waals surface area contributed by atoms with Crippen LogP contribution in [0.1, 0.15) is 23.7 Å². The molecule has 27 heavy (non-hydrogen) atoms. The third-order valence-electron chi connectivity index (χ3n) is 4.81. The summed E-state index contributed by atoms with van der Waals surface area (Å²) in [6.07, 6.45) is 2.69. The maximum atomic E-state index is 12.7. The molecule has 1 aliphatic heterocycles. The molecule has 0 unspecified atom stereocenters. The molecule has 0 bridgehead atoms. The first-order valence-electron chi connectivity index (χ1n) is 8.99. The highest BCUT2D eigenvalue weighted by Crippen LogP contribution is 2.32. The number of fused-ring (bicyclic) bond motifs is 2. The number of thioether (sulfide) groups is 1. The van der Waals surface area contributed by atoms with Crippen LogP contribution in [0.15, 0.2) is 53.5 Å². The molecule has 0 N–H and O–H groups in total. The number of carbonyl (C=O) groups excluding carboxylic acids is 1. The number of benzene rings is 1. The molecule has 6 heteroatoms. The first kappa shape index (κ1) is 17.8. The summed E-state index contributed by atoms with van der Waals surface area (Å²) in [5.74, 6) is 1.01. The van der Waals surface area contributed by atoms with Gasteiger partial charge < -0.3 is 4.90 Å². The van der Waals surface area contributed by atoms with Crippen molar-refractivity contribution in [1.29, 1.82) is 0 Å². The predicted octanol–water partition coefficient (Wildman–Crippen LogP) is 3.21. The Labute approximate surface area is 162 Å². The van der Waals surface area contributed by atoms with Gasteiger partial charge in [0.2, 0.25) is 5.91 Å². The third kappa shape index (κ3) is 3.49. The molecule has 0 radical (unpaired) electrons. The molecule has 1 amide bonds. The van der Waals surface area contributed by atoms with Gasteiger partial charge in [-0.1, -0.05) is 24.3 Å². The lowest BCUT2D eigenvalue weighted by Gasteiger charge is -2.22. The summed E-state index contributed by atoms with van der Waals surface area (Å²) in [7, 11) is 0. The number of carbonyl (C=O) groups is 1. The summed E-state index contributed by atoms with van der Waals surface area (Å²) in [5, 5.41) is 0. The Morgan fingerprint density at radius 3 is 2.93 bits per heavy atom. The molecule has 1 atom stereocenters. The van der Waals surface area contributed by atoms with Crippen LogP contribution in [0.25, 0.3) is 5.65 Å². The number of aryl methyl sites for hydroxylation is 1. The topological polar surface area (TPSA) is 54.7 Å². The Kier molecular flexibility index (Phi) is 4.74. The Morgan fingerprint density at radius 1 is 1.26 bits per heavy atom. The van der Waals surface area contributed by atoms with Gasteiger partial charge in [-0.2, -0.15) is 0 Å². The quantitative estimate of drug-likeness (QED) is 0.698. The molecule has 0 saturated heterocycles. The highest BCUT2D eigenvalue weighted by molar-refractivity contribution is 7.99. The van der Waals surface area contributed by atoms with Crippen LogP contribution in [0.5, 0.6) is 0 Å². The van der Waals surface area contributed by atoms with Crippen LogP contribution in [-0.2, 0) is 17.0 Å². The molecule has 5 nitrogen and oxygen atoms in total. The lowest BCUT2D eigenvalue weighted by molar-refractivity contribution is -0.116. The second kappa shape index (κ2) is 7.19. The molecule has 0 fully saturated rings. The van der Waals surface area contributed by atoms with E-state index in [4.69, 9.17) is 0 Å². The number of hydrogen-bond acceptors (Lipinski definition) is 4. The maximum Gasteiger partial charge on any atom is 0.258 e. The van der Waals surface area contributed by atoms with Crippen molar-refractivity contribution >= 4 is 29.0 Å². The number of rotatable bonds is 4. The minimum atomic E-state index is -0.0901. The van der Waals surface area contributed by atoms with Crippen molar-refractivity contribution in [3.05, 3.63) is 75.8 Å². The van der Waals surface area contributed by atoms with E-state index in [0.29, 0.717) is 22.8 Å². The highest BCUT2D eigenvalue weighted by atomic mass is 32.2. The fourth-order valence-corrected chi connectivity index (χ4v) is 4.36. The van der Waals surface area contributed by atoms with Crippen LogP contribution in [-0.4, -0.2) is 27.1 Å². The fourth-order valence-electron chi connectivity index (χ4n) is 3.59. The zero-order chi connectivity index (χ0) is 19.0. The normalized spacial score (nSPS) is 15.9. The molecule has 3 heterocycles. The van der Waals surface area contributed by atoms with Crippen LogP contribution in [0.2, 0.25) is 0 Å². The summed E-state index contributed by atoms with van der Waals surface area (Å²) < 4.78 is 1.55. The van der Waals surface area contributed by atoms with Crippen molar-refractivity contribution in [2.75, 3.05) is 10.7 Å². The number of nitrogens with zero attached hydrogens (tertiary/aromatic N) is 3. The van der Waals surface area contributed by atoms with E-state index in [1.54, 1.807) is 16.7 Å². The van der Waals surface area contributed by atoms with E-state index in [9.17, 15) is 9.59 Å². The molecule has 4 rings (SSSR count). The molecule has 1 aromatic carbocycles. The van der Waals surface area contributed by atoms with Gasteiger partial charge in [0, 0.05) is 29.7 Å². The smallest absolute Gasteiger partial charge is 0.258 e. The van der Waals surface area contributed by atoms with Crippen molar-refractivity contribution < 1.29 is 4.79 Å². The molecular weight excluding hydrogens is 358 g/mol. The standard InChI is InChI=1S/C21H21N3O2S/c1-14-7-8-19-22-17(10-20(25)23(19)11-14)12-27-13-21(26)24-15(2)9-16-5-3-4-6-18(16)24/h3-8,10-11,15H,9,12-13H2,1-2H3/t15-/m0/s1. The summed E-state index contributed by atoms with van der Waals surface area (Å²) in [5.41, 5.74) is 4.51. The number of pyridine rings is 1. The van der Waals surface area contributed by atoms with Gasteiger partial charge in [0.05, 0.1) is 11.4 Å². The fraction of sp³-hybridized carbons (Fsp3) is 0.286. The van der Waals surface area contributed by atoms with Crippen LogP contribution < -0.4 is 10.5 Å². The molecule has 3 aromatic rings. The van der Waals surface area contributed by atoms with Gasteiger partial charge in [-0.3, -0.25) is 14.0 Å². The van der Waals surface area contributed by atoms with Gasteiger partial charge >= 0.3 is 0 Å². The molecular formula is C21H21N3O2S. The van der Waals surface area contributed by atoms with E-state index in [1.807, 2.05) is 42.2 Å². The van der Waals surface area contributed by atoms with E-state index in [-0.39, 0.29) is 17.5 Å². The predicted molar refractivity (Wildman–Crippen MR) is 109 cm³/mol. The monoisotopic (exact) mass is 379 g/mol. The zero-order valence-corrected chi connectivity index (χ0v) is 16.2. The zero-order valence-electron chi connectivity index (χ0n) is 15.4. The van der Waals surface area contributed by atoms with Crippen molar-refractivity contribution in [1.82, 2.24) is 9.38 Å². The van der Waals surface area contributed by atoms with Gasteiger partial charge in [-0.15, -0.1) is 11.8 Å². The molecule has 0 saturated carbocycles. The molecule has 138 valence electrons. The highest BCUT2D eigenvalue weighted by Gasteiger charge is 2.30.